The Kier molecular flexibility index (Phi) is 2.52. The van der Waals surface area contributed by atoms with E-state index in [0.29, 0.717) is 0 Å². The molecule has 0 aliphatic heterocycles. The molecular formula is C2H3FN2O4S. The number of halogens is 1. The van der Waals surface area contributed by atoms with Crippen LogP contribution in [0.3, 0.4) is 0 Å². The van der Waals surface area contributed by atoms with Crippen molar-refractivity contribution in [2.45, 2.75) is 4.99 Å². The Bertz CT molecular complexity index is 159. The van der Waals surface area contributed by atoms with E-state index in [1.807, 2.05) is 0 Å². The fraction of sp³-hybridized carbons (Fsp3) is 1.00. The summed E-state index contributed by atoms with van der Waals surface area (Å²) in [4.78, 5) is 13.7. The summed E-state index contributed by atoms with van der Waals surface area (Å²) in [5, 5.41) is 19.5. The van der Waals surface area contributed by atoms with Gasteiger partial charge >= 0.3 is 4.99 Å². The van der Waals surface area contributed by atoms with Crippen LogP contribution in [0.2, 0.25) is 0 Å². The molecule has 58 valence electrons. The van der Waals surface area contributed by atoms with E-state index in [1.165, 1.54) is 0 Å². The Morgan fingerprint density at radius 2 is 1.70 bits per heavy atom. The normalized spacial score (nSPS) is 11.0. The van der Waals surface area contributed by atoms with Gasteiger partial charge in [0.25, 0.3) is 0 Å². The van der Waals surface area contributed by atoms with Crippen LogP contribution in [-0.2, 0) is 0 Å². The third-order valence-corrected chi connectivity index (χ3v) is 1.21. The van der Waals surface area contributed by atoms with Crippen LogP contribution in [0.15, 0.2) is 0 Å². The van der Waals surface area contributed by atoms with Crippen molar-refractivity contribution in [3.05, 3.63) is 20.2 Å². The van der Waals surface area contributed by atoms with Crippen LogP contribution >= 0.6 is 12.6 Å². The average Bonchev–Trinajstić information content (AvgIpc) is 1.85. The van der Waals surface area contributed by atoms with Gasteiger partial charge in [0.2, 0.25) is 6.67 Å². The summed E-state index contributed by atoms with van der Waals surface area (Å²) in [6.45, 7) is -1.74. The van der Waals surface area contributed by atoms with Crippen molar-refractivity contribution in [3.63, 3.8) is 0 Å². The topological polar surface area (TPSA) is 86.3 Å². The molecule has 0 heterocycles. The lowest BCUT2D eigenvalue weighted by Gasteiger charge is -2.05. The monoisotopic (exact) mass is 170 g/mol. The number of rotatable bonds is 3. The summed E-state index contributed by atoms with van der Waals surface area (Å²) >= 11 is 2.94. The van der Waals surface area contributed by atoms with Crippen molar-refractivity contribution in [2.24, 2.45) is 0 Å². The third kappa shape index (κ3) is 1.32. The van der Waals surface area contributed by atoms with Crippen molar-refractivity contribution in [1.82, 2.24) is 0 Å². The first-order chi connectivity index (χ1) is 4.45. The maximum absolute atomic E-state index is 11.6. The van der Waals surface area contributed by atoms with Gasteiger partial charge in [-0.3, -0.25) is 20.2 Å². The van der Waals surface area contributed by atoms with Crippen molar-refractivity contribution in [2.75, 3.05) is 6.67 Å². The number of nitro groups is 2. The highest BCUT2D eigenvalue weighted by molar-refractivity contribution is 7.81. The van der Waals surface area contributed by atoms with Crippen LogP contribution in [0.5, 0.6) is 0 Å². The molecule has 0 radical (unpaired) electrons. The van der Waals surface area contributed by atoms with Gasteiger partial charge in [0.1, 0.15) is 9.85 Å². The van der Waals surface area contributed by atoms with Crippen LogP contribution in [-0.4, -0.2) is 21.5 Å². The average molecular weight is 170 g/mol. The van der Waals surface area contributed by atoms with Gasteiger partial charge in [-0.25, -0.2) is 4.39 Å². The summed E-state index contributed by atoms with van der Waals surface area (Å²) in [5.74, 6) is 0. The molecule has 0 atom stereocenters. The van der Waals surface area contributed by atoms with E-state index in [1.54, 1.807) is 0 Å². The fourth-order valence-electron chi connectivity index (χ4n) is 0.164. The predicted octanol–water partition coefficient (Wildman–Crippen LogP) is 0.0929. The lowest BCUT2D eigenvalue weighted by Crippen LogP contribution is -2.42. The molecule has 0 N–H and O–H groups in total. The Balaban J connectivity index is 4.55. The number of alkyl halides is 1. The van der Waals surface area contributed by atoms with Gasteiger partial charge in [0.15, 0.2) is 0 Å². The van der Waals surface area contributed by atoms with E-state index < -0.39 is 21.5 Å². The summed E-state index contributed by atoms with van der Waals surface area (Å²) < 4.78 is 11.6. The first-order valence-corrected chi connectivity index (χ1v) is 2.47. The highest BCUT2D eigenvalue weighted by Gasteiger charge is 2.52. The Hall–Kier alpha value is -0.920. The second kappa shape index (κ2) is 2.78. The van der Waals surface area contributed by atoms with E-state index >= 15 is 0 Å². The van der Waals surface area contributed by atoms with E-state index in [0.717, 1.165) is 0 Å². The van der Waals surface area contributed by atoms with Gasteiger partial charge in [-0.05, 0) is 12.6 Å². The first kappa shape index (κ1) is 9.08. The molecule has 0 unspecified atom stereocenters. The molecule has 0 saturated carbocycles. The zero-order valence-electron chi connectivity index (χ0n) is 4.56. The minimum Gasteiger partial charge on any atom is -0.257 e. The van der Waals surface area contributed by atoms with Crippen LogP contribution in [0.1, 0.15) is 0 Å². The van der Waals surface area contributed by atoms with Crippen LogP contribution in [0.25, 0.3) is 0 Å². The molecule has 0 amide bonds. The third-order valence-electron chi connectivity index (χ3n) is 0.764. The van der Waals surface area contributed by atoms with Crippen molar-refractivity contribution in [1.29, 1.82) is 0 Å². The maximum atomic E-state index is 11.6. The molecular weight excluding hydrogens is 167 g/mol. The number of nitrogens with zero attached hydrogens (tertiary/aromatic N) is 2. The summed E-state index contributed by atoms with van der Waals surface area (Å²) in [6, 6.07) is 0. The maximum Gasteiger partial charge on any atom is 0.530 e. The number of hydrogen-bond acceptors (Lipinski definition) is 5. The fourth-order valence-corrected chi connectivity index (χ4v) is 0.164. The summed E-state index contributed by atoms with van der Waals surface area (Å²) in [7, 11) is 0. The molecule has 0 rings (SSSR count). The Morgan fingerprint density at radius 3 is 1.70 bits per heavy atom. The number of thiol groups is 1. The lowest BCUT2D eigenvalue weighted by atomic mass is 10.6. The van der Waals surface area contributed by atoms with Gasteiger partial charge < -0.3 is 0 Å². The van der Waals surface area contributed by atoms with Gasteiger partial charge in [-0.15, -0.1) is 0 Å². The first-order valence-electron chi connectivity index (χ1n) is 2.02. The quantitative estimate of drug-likeness (QED) is 0.281. The van der Waals surface area contributed by atoms with Gasteiger partial charge in [0, 0.05) is 0 Å². The SMILES string of the molecule is O=[N+]([O-])C(S)(CF)[N+](=O)[O-]. The van der Waals surface area contributed by atoms with Gasteiger partial charge in [-0.1, -0.05) is 0 Å². The molecule has 8 heteroatoms. The Morgan fingerprint density at radius 1 is 1.40 bits per heavy atom. The van der Waals surface area contributed by atoms with Crippen molar-refractivity contribution >= 4 is 12.6 Å². The zero-order valence-corrected chi connectivity index (χ0v) is 5.45. The molecule has 10 heavy (non-hydrogen) atoms. The largest absolute Gasteiger partial charge is 0.530 e. The highest BCUT2D eigenvalue weighted by atomic mass is 32.1. The van der Waals surface area contributed by atoms with E-state index in [-0.39, 0.29) is 0 Å². The standard InChI is InChI=1S/C2H3FN2O4S/c3-1-2(10,4(6)7)5(8)9/h10H,1H2. The molecule has 0 spiro atoms. The van der Waals surface area contributed by atoms with Gasteiger partial charge in [-0.2, -0.15) is 0 Å². The zero-order chi connectivity index (χ0) is 8.36. The minimum absolute atomic E-state index is 1.39. The van der Waals surface area contributed by atoms with Crippen LogP contribution in [0.4, 0.5) is 4.39 Å². The van der Waals surface area contributed by atoms with Gasteiger partial charge in [0.05, 0.1) is 0 Å². The highest BCUT2D eigenvalue weighted by Crippen LogP contribution is 2.15. The summed E-state index contributed by atoms with van der Waals surface area (Å²) in [6.07, 6.45) is 0. The second-order valence-corrected chi connectivity index (χ2v) is 2.14. The minimum atomic E-state index is -2.99. The molecule has 0 aromatic carbocycles. The lowest BCUT2D eigenvalue weighted by molar-refractivity contribution is -0.761. The molecule has 0 aliphatic rings. The van der Waals surface area contributed by atoms with Crippen molar-refractivity contribution in [3.8, 4) is 0 Å². The second-order valence-electron chi connectivity index (χ2n) is 1.42. The molecule has 0 aliphatic carbocycles. The molecule has 0 fully saturated rings. The smallest absolute Gasteiger partial charge is 0.257 e. The van der Waals surface area contributed by atoms with Crippen molar-refractivity contribution < 1.29 is 14.2 Å². The van der Waals surface area contributed by atoms with E-state index in [2.05, 4.69) is 12.6 Å². The molecule has 0 bridgehead atoms. The van der Waals surface area contributed by atoms with E-state index in [9.17, 15) is 24.6 Å². The molecule has 0 aromatic rings. The van der Waals surface area contributed by atoms with Crippen LogP contribution < -0.4 is 0 Å². The van der Waals surface area contributed by atoms with Crippen LogP contribution in [0, 0.1) is 20.2 Å². The Labute approximate surface area is 59.7 Å². The van der Waals surface area contributed by atoms with E-state index in [4.69, 9.17) is 0 Å². The summed E-state index contributed by atoms with van der Waals surface area (Å²) in [5.41, 5.74) is 0. The molecule has 0 aromatic heterocycles. The molecule has 0 saturated heterocycles. The number of hydrogen-bond donors (Lipinski definition) is 1. The molecule has 6 nitrogen and oxygen atoms in total. The predicted molar refractivity (Wildman–Crippen MR) is 31.7 cm³/mol.